The van der Waals surface area contributed by atoms with Gasteiger partial charge >= 0.3 is 0 Å². The van der Waals surface area contributed by atoms with Crippen molar-refractivity contribution in [3.05, 3.63) is 64.3 Å². The van der Waals surface area contributed by atoms with Gasteiger partial charge in [0.15, 0.2) is 0 Å². The molecule has 0 fully saturated rings. The molecule has 5 heteroatoms. The molecule has 0 aliphatic rings. The number of anilines is 1. The third-order valence-electron chi connectivity index (χ3n) is 4.57. The normalized spacial score (nSPS) is 10.9. The van der Waals surface area contributed by atoms with E-state index in [9.17, 15) is 4.79 Å². The van der Waals surface area contributed by atoms with Crippen molar-refractivity contribution in [2.75, 3.05) is 25.5 Å². The van der Waals surface area contributed by atoms with Crippen molar-refractivity contribution in [1.29, 1.82) is 0 Å². The van der Waals surface area contributed by atoms with E-state index in [0.29, 0.717) is 17.3 Å². The molecule has 136 valence electrons. The van der Waals surface area contributed by atoms with Gasteiger partial charge in [0.05, 0.1) is 0 Å². The second-order valence-corrected chi connectivity index (χ2v) is 7.03. The lowest BCUT2D eigenvalue weighted by molar-refractivity contribution is 0.0949. The van der Waals surface area contributed by atoms with Crippen molar-refractivity contribution >= 4 is 34.1 Å². The summed E-state index contributed by atoms with van der Waals surface area (Å²) >= 11 is 6.10. The molecule has 0 saturated carbocycles. The number of hydrogen-bond acceptors (Lipinski definition) is 2. The highest BCUT2D eigenvalue weighted by Crippen LogP contribution is 2.26. The number of fused-ring (bicyclic) bond motifs is 1. The molecule has 3 rings (SSSR count). The minimum absolute atomic E-state index is 0.0714. The number of nitrogens with one attached hydrogen (secondary N) is 2. The Morgan fingerprint density at radius 1 is 1.19 bits per heavy atom. The van der Waals surface area contributed by atoms with Crippen LogP contribution in [0.5, 0.6) is 0 Å². The van der Waals surface area contributed by atoms with E-state index in [1.165, 1.54) is 5.56 Å². The molecule has 0 aliphatic heterocycles. The summed E-state index contributed by atoms with van der Waals surface area (Å²) in [6, 6.07) is 14.0. The summed E-state index contributed by atoms with van der Waals surface area (Å²) in [5.41, 5.74) is 4.95. The van der Waals surface area contributed by atoms with Gasteiger partial charge in [-0.1, -0.05) is 30.7 Å². The van der Waals surface area contributed by atoms with Crippen LogP contribution in [-0.4, -0.2) is 31.5 Å². The van der Waals surface area contributed by atoms with E-state index in [2.05, 4.69) is 33.4 Å². The van der Waals surface area contributed by atoms with Crippen molar-refractivity contribution in [2.24, 2.45) is 0 Å². The predicted molar refractivity (Wildman–Crippen MR) is 109 cm³/mol. The Kier molecular flexibility index (Phi) is 5.52. The Balaban J connectivity index is 1.71. The topological polar surface area (TPSA) is 48.1 Å². The van der Waals surface area contributed by atoms with Crippen LogP contribution in [0.15, 0.2) is 42.5 Å². The molecule has 1 heterocycles. The van der Waals surface area contributed by atoms with Crippen molar-refractivity contribution in [3.8, 4) is 0 Å². The summed E-state index contributed by atoms with van der Waals surface area (Å²) in [7, 11) is 4.05. The number of aromatic nitrogens is 1. The van der Waals surface area contributed by atoms with Crippen molar-refractivity contribution < 1.29 is 4.79 Å². The first-order valence-corrected chi connectivity index (χ1v) is 9.22. The number of carbonyl (C=O) groups excluding carboxylic acids is 1. The molecule has 1 amide bonds. The fraction of sp³-hybridized carbons (Fsp3) is 0.286. The maximum absolute atomic E-state index is 12.7. The fourth-order valence-corrected chi connectivity index (χ4v) is 3.35. The summed E-state index contributed by atoms with van der Waals surface area (Å²) < 4.78 is 0. The monoisotopic (exact) mass is 369 g/mol. The van der Waals surface area contributed by atoms with Crippen LogP contribution in [0.4, 0.5) is 5.69 Å². The van der Waals surface area contributed by atoms with Gasteiger partial charge in [-0.2, -0.15) is 0 Å². The molecule has 0 atom stereocenters. The fourth-order valence-electron chi connectivity index (χ4n) is 3.18. The summed E-state index contributed by atoms with van der Waals surface area (Å²) in [6.07, 6.45) is 1.56. The van der Waals surface area contributed by atoms with E-state index in [0.717, 1.165) is 35.0 Å². The molecule has 0 saturated heterocycles. The lowest BCUT2D eigenvalue weighted by Crippen LogP contribution is -2.26. The molecule has 1 aromatic heterocycles. The number of nitrogens with zero attached hydrogens (tertiary/aromatic N) is 1. The average Bonchev–Trinajstić information content (AvgIpc) is 2.99. The molecule has 0 radical (unpaired) electrons. The van der Waals surface area contributed by atoms with Gasteiger partial charge in [0, 0.05) is 42.3 Å². The number of H-pyrrole nitrogens is 1. The second-order valence-electron chi connectivity index (χ2n) is 6.59. The lowest BCUT2D eigenvalue weighted by Gasteiger charge is -2.13. The maximum Gasteiger partial charge on any atom is 0.268 e. The summed E-state index contributed by atoms with van der Waals surface area (Å²) in [5.74, 6) is -0.0714. The van der Waals surface area contributed by atoms with E-state index in [1.54, 1.807) is 0 Å². The van der Waals surface area contributed by atoms with Crippen LogP contribution in [0, 0.1) is 0 Å². The molecule has 3 aromatic rings. The zero-order valence-corrected chi connectivity index (χ0v) is 16.2. The molecule has 0 aliphatic carbocycles. The maximum atomic E-state index is 12.7. The highest BCUT2D eigenvalue weighted by molar-refractivity contribution is 6.31. The van der Waals surface area contributed by atoms with Gasteiger partial charge < -0.3 is 15.2 Å². The number of halogens is 1. The zero-order valence-electron chi connectivity index (χ0n) is 15.4. The SMILES string of the molecule is CCc1c(C(=O)NCCc2cccc(N(C)C)c2)[nH]c2ccc(Cl)cc12. The smallest absolute Gasteiger partial charge is 0.268 e. The van der Waals surface area contributed by atoms with Gasteiger partial charge in [0.25, 0.3) is 5.91 Å². The highest BCUT2D eigenvalue weighted by Gasteiger charge is 2.16. The molecular formula is C21H24ClN3O. The minimum Gasteiger partial charge on any atom is -0.378 e. The first-order valence-electron chi connectivity index (χ1n) is 8.84. The van der Waals surface area contributed by atoms with Crippen LogP contribution in [0.25, 0.3) is 10.9 Å². The molecule has 2 N–H and O–H groups in total. The van der Waals surface area contributed by atoms with Crippen LogP contribution in [0.1, 0.15) is 28.5 Å². The van der Waals surface area contributed by atoms with E-state index < -0.39 is 0 Å². The van der Waals surface area contributed by atoms with Gasteiger partial charge in [-0.05, 0) is 54.3 Å². The summed E-state index contributed by atoms with van der Waals surface area (Å²) in [5, 5.41) is 4.73. The Morgan fingerprint density at radius 2 is 2.00 bits per heavy atom. The third-order valence-corrected chi connectivity index (χ3v) is 4.81. The molecule has 0 bridgehead atoms. The van der Waals surface area contributed by atoms with Crippen LogP contribution in [0.2, 0.25) is 5.02 Å². The van der Waals surface area contributed by atoms with E-state index in [-0.39, 0.29) is 5.91 Å². The van der Waals surface area contributed by atoms with E-state index in [4.69, 9.17) is 11.6 Å². The summed E-state index contributed by atoms with van der Waals surface area (Å²) in [4.78, 5) is 18.0. The molecule has 0 unspecified atom stereocenters. The predicted octanol–water partition coefficient (Wildman–Crippen LogP) is 4.42. The molecule has 4 nitrogen and oxygen atoms in total. The molecule has 0 spiro atoms. The quantitative estimate of drug-likeness (QED) is 0.675. The van der Waals surface area contributed by atoms with Crippen molar-refractivity contribution in [3.63, 3.8) is 0 Å². The third kappa shape index (κ3) is 3.86. The number of aromatic amines is 1. The number of benzene rings is 2. The van der Waals surface area contributed by atoms with Gasteiger partial charge in [-0.15, -0.1) is 0 Å². The first-order chi connectivity index (χ1) is 12.5. The van der Waals surface area contributed by atoms with Gasteiger partial charge in [0.2, 0.25) is 0 Å². The Hall–Kier alpha value is -2.46. The van der Waals surface area contributed by atoms with Gasteiger partial charge in [0.1, 0.15) is 5.69 Å². The van der Waals surface area contributed by atoms with Crippen LogP contribution >= 0.6 is 11.6 Å². The minimum atomic E-state index is -0.0714. The largest absolute Gasteiger partial charge is 0.378 e. The number of hydrogen-bond donors (Lipinski definition) is 2. The average molecular weight is 370 g/mol. The van der Waals surface area contributed by atoms with Crippen LogP contribution in [-0.2, 0) is 12.8 Å². The van der Waals surface area contributed by atoms with E-state index >= 15 is 0 Å². The van der Waals surface area contributed by atoms with Gasteiger partial charge in [-0.25, -0.2) is 0 Å². The van der Waals surface area contributed by atoms with Gasteiger partial charge in [-0.3, -0.25) is 4.79 Å². The second kappa shape index (κ2) is 7.83. The van der Waals surface area contributed by atoms with Crippen molar-refractivity contribution in [1.82, 2.24) is 10.3 Å². The Labute approximate surface area is 159 Å². The van der Waals surface area contributed by atoms with Crippen LogP contribution in [0.3, 0.4) is 0 Å². The van der Waals surface area contributed by atoms with Crippen molar-refractivity contribution in [2.45, 2.75) is 19.8 Å². The summed E-state index contributed by atoms with van der Waals surface area (Å²) in [6.45, 7) is 2.64. The molecular weight excluding hydrogens is 346 g/mol. The standard InChI is InChI=1S/C21H24ClN3O/c1-4-17-18-13-15(22)8-9-19(18)24-20(17)21(26)23-11-10-14-6-5-7-16(12-14)25(2)3/h5-9,12-13,24H,4,10-11H2,1-3H3,(H,23,26). The number of aryl methyl sites for hydroxylation is 1. The number of carbonyl (C=O) groups is 1. The Bertz CT molecular complexity index is 930. The Morgan fingerprint density at radius 3 is 2.73 bits per heavy atom. The van der Waals surface area contributed by atoms with Crippen LogP contribution < -0.4 is 10.2 Å². The lowest BCUT2D eigenvalue weighted by atomic mass is 10.1. The zero-order chi connectivity index (χ0) is 18.7. The first kappa shape index (κ1) is 18.3. The number of rotatable bonds is 6. The molecule has 2 aromatic carbocycles. The number of amides is 1. The van der Waals surface area contributed by atoms with E-state index in [1.807, 2.05) is 45.3 Å². The molecule has 26 heavy (non-hydrogen) atoms. The highest BCUT2D eigenvalue weighted by atomic mass is 35.5.